The predicted octanol–water partition coefficient (Wildman–Crippen LogP) is 3.26. The van der Waals surface area contributed by atoms with Crippen LogP contribution in [0.1, 0.15) is 68.8 Å². The van der Waals surface area contributed by atoms with Gasteiger partial charge in [-0.3, -0.25) is 4.79 Å². The Labute approximate surface area is 139 Å². The van der Waals surface area contributed by atoms with Gasteiger partial charge in [0, 0.05) is 31.9 Å². The first kappa shape index (κ1) is 16.2. The Morgan fingerprint density at radius 2 is 1.87 bits per heavy atom. The van der Waals surface area contributed by atoms with Gasteiger partial charge in [-0.2, -0.15) is 0 Å². The van der Waals surface area contributed by atoms with E-state index in [0.29, 0.717) is 11.7 Å². The molecule has 2 fully saturated rings. The Bertz CT molecular complexity index is 526. The molecule has 2 aliphatic heterocycles. The van der Waals surface area contributed by atoms with Gasteiger partial charge in [-0.15, -0.1) is 0 Å². The van der Waals surface area contributed by atoms with Gasteiger partial charge >= 0.3 is 0 Å². The standard InChI is InChI=1S/C18H28N4O/c1-2-15-9-5-8-14-22(15)17(23)16-10-11-19-18(20-16)21-12-6-3-4-7-13-21/h10-11,15H,2-9,12-14H2,1H3. The van der Waals surface area contributed by atoms with Crippen molar-refractivity contribution in [2.75, 3.05) is 24.5 Å². The molecule has 0 bridgehead atoms. The molecule has 0 radical (unpaired) electrons. The fourth-order valence-electron chi connectivity index (χ4n) is 3.73. The molecule has 2 aliphatic rings. The minimum atomic E-state index is 0.0787. The topological polar surface area (TPSA) is 49.3 Å². The third-order valence-corrected chi connectivity index (χ3v) is 5.11. The molecule has 0 aliphatic carbocycles. The van der Waals surface area contributed by atoms with E-state index in [2.05, 4.69) is 21.8 Å². The molecule has 5 heteroatoms. The van der Waals surface area contributed by atoms with Crippen molar-refractivity contribution >= 4 is 11.9 Å². The summed E-state index contributed by atoms with van der Waals surface area (Å²) in [7, 11) is 0. The van der Waals surface area contributed by atoms with E-state index < -0.39 is 0 Å². The number of likely N-dealkylation sites (tertiary alicyclic amines) is 1. The second kappa shape index (κ2) is 7.75. The molecule has 1 aromatic heterocycles. The Balaban J connectivity index is 1.76. The van der Waals surface area contributed by atoms with E-state index in [1.54, 1.807) is 12.3 Å². The number of anilines is 1. The van der Waals surface area contributed by atoms with E-state index in [4.69, 9.17) is 0 Å². The van der Waals surface area contributed by atoms with E-state index in [9.17, 15) is 4.79 Å². The summed E-state index contributed by atoms with van der Waals surface area (Å²) in [5, 5.41) is 0. The molecule has 1 unspecified atom stereocenters. The van der Waals surface area contributed by atoms with Gasteiger partial charge < -0.3 is 9.80 Å². The highest BCUT2D eigenvalue weighted by molar-refractivity contribution is 5.92. The average molecular weight is 316 g/mol. The number of hydrogen-bond acceptors (Lipinski definition) is 4. The molecule has 126 valence electrons. The van der Waals surface area contributed by atoms with Crippen molar-refractivity contribution in [2.24, 2.45) is 0 Å². The molecule has 3 heterocycles. The number of nitrogens with zero attached hydrogens (tertiary/aromatic N) is 4. The Morgan fingerprint density at radius 1 is 1.13 bits per heavy atom. The zero-order chi connectivity index (χ0) is 16.1. The maximum Gasteiger partial charge on any atom is 0.272 e. The van der Waals surface area contributed by atoms with E-state index >= 15 is 0 Å². The number of carbonyl (C=O) groups is 1. The van der Waals surface area contributed by atoms with E-state index in [0.717, 1.165) is 44.8 Å². The Kier molecular flexibility index (Phi) is 5.47. The van der Waals surface area contributed by atoms with Crippen LogP contribution in [0.4, 0.5) is 5.95 Å². The van der Waals surface area contributed by atoms with Gasteiger partial charge in [0.05, 0.1) is 0 Å². The van der Waals surface area contributed by atoms with E-state index in [1.165, 1.54) is 32.1 Å². The normalized spacial score (nSPS) is 22.7. The lowest BCUT2D eigenvalue weighted by Crippen LogP contribution is -2.43. The lowest BCUT2D eigenvalue weighted by atomic mass is 9.99. The largest absolute Gasteiger partial charge is 0.341 e. The molecule has 0 spiro atoms. The van der Waals surface area contributed by atoms with E-state index in [1.807, 2.05) is 4.90 Å². The van der Waals surface area contributed by atoms with Gasteiger partial charge in [0.25, 0.3) is 5.91 Å². The van der Waals surface area contributed by atoms with Gasteiger partial charge in [-0.05, 0) is 44.6 Å². The number of piperidine rings is 1. The SMILES string of the molecule is CCC1CCCCN1C(=O)c1ccnc(N2CCCCCC2)n1. The Morgan fingerprint density at radius 3 is 2.61 bits per heavy atom. The van der Waals surface area contributed by atoms with Crippen LogP contribution in [0.5, 0.6) is 0 Å². The quantitative estimate of drug-likeness (QED) is 0.859. The molecule has 3 rings (SSSR count). The highest BCUT2D eigenvalue weighted by atomic mass is 16.2. The van der Waals surface area contributed by atoms with E-state index in [-0.39, 0.29) is 5.91 Å². The summed E-state index contributed by atoms with van der Waals surface area (Å²) in [6.45, 7) is 5.02. The van der Waals surface area contributed by atoms with Crippen LogP contribution in [-0.2, 0) is 0 Å². The highest BCUT2D eigenvalue weighted by Gasteiger charge is 2.27. The first-order valence-electron chi connectivity index (χ1n) is 9.18. The summed E-state index contributed by atoms with van der Waals surface area (Å²) in [5.74, 6) is 0.804. The fourth-order valence-corrected chi connectivity index (χ4v) is 3.73. The van der Waals surface area contributed by atoms with Crippen LogP contribution in [0.15, 0.2) is 12.3 Å². The highest BCUT2D eigenvalue weighted by Crippen LogP contribution is 2.22. The van der Waals surface area contributed by atoms with Crippen LogP contribution in [0.3, 0.4) is 0 Å². The van der Waals surface area contributed by atoms with Crippen LogP contribution in [0.2, 0.25) is 0 Å². The zero-order valence-electron chi connectivity index (χ0n) is 14.2. The average Bonchev–Trinajstić information content (AvgIpc) is 2.90. The third kappa shape index (κ3) is 3.82. The minimum absolute atomic E-state index is 0.0787. The van der Waals surface area contributed by atoms with Crippen LogP contribution in [0.25, 0.3) is 0 Å². The van der Waals surface area contributed by atoms with Crippen molar-refractivity contribution in [1.82, 2.24) is 14.9 Å². The van der Waals surface area contributed by atoms with Crippen molar-refractivity contribution in [3.8, 4) is 0 Å². The molecular formula is C18H28N4O. The summed E-state index contributed by atoms with van der Waals surface area (Å²) in [4.78, 5) is 26.2. The summed E-state index contributed by atoms with van der Waals surface area (Å²) in [6, 6.07) is 2.14. The summed E-state index contributed by atoms with van der Waals surface area (Å²) < 4.78 is 0. The number of carbonyl (C=O) groups excluding carboxylic acids is 1. The lowest BCUT2D eigenvalue weighted by molar-refractivity contribution is 0.0602. The van der Waals surface area contributed by atoms with Gasteiger partial charge in [0.15, 0.2) is 0 Å². The molecule has 1 atom stereocenters. The maximum absolute atomic E-state index is 12.9. The van der Waals surface area contributed by atoms with Gasteiger partial charge in [-0.25, -0.2) is 9.97 Å². The van der Waals surface area contributed by atoms with Gasteiger partial charge in [0.2, 0.25) is 5.95 Å². The van der Waals surface area contributed by atoms with Crippen molar-refractivity contribution < 1.29 is 4.79 Å². The second-order valence-corrected chi connectivity index (χ2v) is 6.70. The van der Waals surface area contributed by atoms with Gasteiger partial charge in [-0.1, -0.05) is 19.8 Å². The minimum Gasteiger partial charge on any atom is -0.341 e. The molecular weight excluding hydrogens is 288 g/mol. The molecule has 2 saturated heterocycles. The van der Waals surface area contributed by atoms with Crippen LogP contribution in [-0.4, -0.2) is 46.5 Å². The first-order chi connectivity index (χ1) is 11.3. The monoisotopic (exact) mass is 316 g/mol. The van der Waals surface area contributed by atoms with Crippen molar-refractivity contribution in [1.29, 1.82) is 0 Å². The van der Waals surface area contributed by atoms with Crippen LogP contribution in [0, 0.1) is 0 Å². The predicted molar refractivity (Wildman–Crippen MR) is 91.7 cm³/mol. The van der Waals surface area contributed by atoms with Gasteiger partial charge in [0.1, 0.15) is 5.69 Å². The maximum atomic E-state index is 12.9. The molecule has 1 aromatic rings. The van der Waals surface area contributed by atoms with Crippen molar-refractivity contribution in [3.63, 3.8) is 0 Å². The molecule has 23 heavy (non-hydrogen) atoms. The summed E-state index contributed by atoms with van der Waals surface area (Å²) in [5.41, 5.74) is 0.555. The molecule has 0 aromatic carbocycles. The van der Waals surface area contributed by atoms with Crippen molar-refractivity contribution in [3.05, 3.63) is 18.0 Å². The first-order valence-corrected chi connectivity index (χ1v) is 9.18. The van der Waals surface area contributed by atoms with Crippen LogP contribution < -0.4 is 4.90 Å². The summed E-state index contributed by atoms with van der Waals surface area (Å²) in [6.07, 6.45) is 11.1. The third-order valence-electron chi connectivity index (χ3n) is 5.11. The van der Waals surface area contributed by atoms with Crippen LogP contribution >= 0.6 is 0 Å². The fraction of sp³-hybridized carbons (Fsp3) is 0.722. The molecule has 5 nitrogen and oxygen atoms in total. The zero-order valence-corrected chi connectivity index (χ0v) is 14.2. The smallest absolute Gasteiger partial charge is 0.272 e. The molecule has 0 saturated carbocycles. The molecule has 0 N–H and O–H groups in total. The lowest BCUT2D eigenvalue weighted by Gasteiger charge is -2.35. The summed E-state index contributed by atoms with van der Waals surface area (Å²) >= 11 is 0. The molecule has 1 amide bonds. The number of aromatic nitrogens is 2. The number of amides is 1. The number of hydrogen-bond donors (Lipinski definition) is 0. The number of rotatable bonds is 3. The second-order valence-electron chi connectivity index (χ2n) is 6.70. The Hall–Kier alpha value is -1.65. The van der Waals surface area contributed by atoms with Crippen molar-refractivity contribution in [2.45, 2.75) is 64.3 Å².